The molecule has 1 aromatic heterocycles. The first-order valence-corrected chi connectivity index (χ1v) is 11.1. The summed E-state index contributed by atoms with van der Waals surface area (Å²) in [5.41, 5.74) is 1.34. The number of para-hydroxylation sites is 1. The number of halogens is 2. The van der Waals surface area contributed by atoms with Crippen LogP contribution >= 0.6 is 35.0 Å². The quantitative estimate of drug-likeness (QED) is 0.295. The minimum absolute atomic E-state index is 0.145. The maximum absolute atomic E-state index is 13.1. The van der Waals surface area contributed by atoms with E-state index in [1.54, 1.807) is 35.9 Å². The summed E-state index contributed by atoms with van der Waals surface area (Å²) in [7, 11) is 1.57. The average Bonchev–Trinajstić information content (AvgIpc) is 2.73. The zero-order valence-electron chi connectivity index (χ0n) is 16.4. The summed E-state index contributed by atoms with van der Waals surface area (Å²) < 4.78 is 6.53. The first-order chi connectivity index (χ1) is 14.5. The smallest absolute Gasteiger partial charge is 0.262 e. The number of carbonyl (C=O) groups excluding carboxylic acids is 1. The summed E-state index contributed by atoms with van der Waals surface area (Å²) in [5.74, 6) is 0.00248. The third kappa shape index (κ3) is 5.76. The Balaban J connectivity index is 1.84. The second kappa shape index (κ2) is 10.8. The molecule has 30 heavy (non-hydrogen) atoms. The van der Waals surface area contributed by atoms with Crippen LogP contribution in [0.5, 0.6) is 0 Å². The van der Waals surface area contributed by atoms with Crippen LogP contribution in [0, 0.1) is 0 Å². The molecule has 3 rings (SSSR count). The second-order valence-electron chi connectivity index (χ2n) is 6.49. The molecule has 1 amide bonds. The third-order valence-electron chi connectivity index (χ3n) is 4.41. The monoisotopic (exact) mass is 465 g/mol. The van der Waals surface area contributed by atoms with Gasteiger partial charge < -0.3 is 10.1 Å². The van der Waals surface area contributed by atoms with Gasteiger partial charge in [-0.1, -0.05) is 53.2 Å². The lowest BCUT2D eigenvalue weighted by Crippen LogP contribution is -2.29. The molecule has 158 valence electrons. The molecule has 0 aliphatic carbocycles. The van der Waals surface area contributed by atoms with Gasteiger partial charge in [0.15, 0.2) is 5.16 Å². The number of benzene rings is 2. The Hall–Kier alpha value is -2.06. The lowest BCUT2D eigenvalue weighted by atomic mass is 10.1. The van der Waals surface area contributed by atoms with Crippen molar-refractivity contribution in [2.24, 2.45) is 0 Å². The molecule has 0 bridgehead atoms. The van der Waals surface area contributed by atoms with Gasteiger partial charge in [-0.15, -0.1) is 0 Å². The number of ether oxygens (including phenoxy) is 1. The summed E-state index contributed by atoms with van der Waals surface area (Å²) in [6.07, 6.45) is 0.531. The van der Waals surface area contributed by atoms with Gasteiger partial charge in [-0.25, -0.2) is 4.98 Å². The highest BCUT2D eigenvalue weighted by atomic mass is 35.5. The number of hydrogen-bond acceptors (Lipinski definition) is 5. The number of amides is 1. The Morgan fingerprint density at radius 1 is 1.23 bits per heavy atom. The van der Waals surface area contributed by atoms with Crippen LogP contribution < -0.4 is 10.9 Å². The van der Waals surface area contributed by atoms with Crippen molar-refractivity contribution in [2.45, 2.75) is 18.1 Å². The van der Waals surface area contributed by atoms with E-state index in [1.807, 2.05) is 18.2 Å². The zero-order valence-corrected chi connectivity index (χ0v) is 18.7. The maximum atomic E-state index is 13.1. The van der Waals surface area contributed by atoms with Gasteiger partial charge in [-0.2, -0.15) is 0 Å². The van der Waals surface area contributed by atoms with Crippen LogP contribution in [-0.4, -0.2) is 41.5 Å². The molecule has 0 saturated heterocycles. The number of fused-ring (bicyclic) bond motifs is 1. The van der Waals surface area contributed by atoms with Gasteiger partial charge in [0.2, 0.25) is 5.91 Å². The summed E-state index contributed by atoms with van der Waals surface area (Å²) in [4.78, 5) is 29.8. The molecule has 0 aliphatic rings. The first kappa shape index (κ1) is 22.6. The number of thioether (sulfide) groups is 1. The number of nitrogens with zero attached hydrogens (tertiary/aromatic N) is 2. The third-order valence-corrected chi connectivity index (χ3v) is 5.97. The van der Waals surface area contributed by atoms with E-state index < -0.39 is 0 Å². The van der Waals surface area contributed by atoms with Crippen LogP contribution in [0.1, 0.15) is 5.56 Å². The normalized spacial score (nSPS) is 11.0. The number of carbonyl (C=O) groups is 1. The van der Waals surface area contributed by atoms with Gasteiger partial charge >= 0.3 is 0 Å². The molecule has 2 aromatic carbocycles. The van der Waals surface area contributed by atoms with E-state index in [4.69, 9.17) is 27.9 Å². The van der Waals surface area contributed by atoms with E-state index in [0.717, 1.165) is 5.56 Å². The molecule has 0 aliphatic heterocycles. The summed E-state index contributed by atoms with van der Waals surface area (Å²) >= 11 is 13.5. The van der Waals surface area contributed by atoms with Crippen LogP contribution in [0.2, 0.25) is 10.0 Å². The fourth-order valence-electron chi connectivity index (χ4n) is 2.89. The molecule has 0 saturated carbocycles. The van der Waals surface area contributed by atoms with Crippen molar-refractivity contribution >= 4 is 51.8 Å². The lowest BCUT2D eigenvalue weighted by molar-refractivity contribution is -0.118. The molecule has 0 radical (unpaired) electrons. The fraction of sp³-hybridized carbons (Fsp3) is 0.286. The number of nitrogens with one attached hydrogen (secondary N) is 1. The summed E-state index contributed by atoms with van der Waals surface area (Å²) in [6, 6.07) is 12.5. The highest BCUT2D eigenvalue weighted by molar-refractivity contribution is 7.99. The maximum Gasteiger partial charge on any atom is 0.262 e. The van der Waals surface area contributed by atoms with E-state index in [0.29, 0.717) is 52.2 Å². The average molecular weight is 466 g/mol. The van der Waals surface area contributed by atoms with Crippen LogP contribution in [0.3, 0.4) is 0 Å². The van der Waals surface area contributed by atoms with E-state index in [-0.39, 0.29) is 17.2 Å². The molecule has 3 aromatic rings. The van der Waals surface area contributed by atoms with Crippen molar-refractivity contribution in [1.82, 2.24) is 14.9 Å². The number of hydrogen-bond donors (Lipinski definition) is 1. The van der Waals surface area contributed by atoms with Gasteiger partial charge in [-0.3, -0.25) is 14.2 Å². The molecular weight excluding hydrogens is 445 g/mol. The summed E-state index contributed by atoms with van der Waals surface area (Å²) in [6.45, 7) is 1.26. The molecule has 0 atom stereocenters. The SMILES string of the molecule is COCCNC(=O)CSc1nc2ccccc2c(=O)n1CCc1ccc(Cl)cc1Cl. The Morgan fingerprint density at radius 2 is 2.03 bits per heavy atom. The Kier molecular flexibility index (Phi) is 8.16. The number of methoxy groups -OCH3 is 1. The van der Waals surface area contributed by atoms with E-state index in [1.165, 1.54) is 11.8 Å². The van der Waals surface area contributed by atoms with Gasteiger partial charge in [0.25, 0.3) is 5.56 Å². The lowest BCUT2D eigenvalue weighted by Gasteiger charge is -2.14. The first-order valence-electron chi connectivity index (χ1n) is 9.31. The van der Waals surface area contributed by atoms with Gasteiger partial charge in [0.05, 0.1) is 23.3 Å². The molecule has 0 spiro atoms. The predicted octanol–water partition coefficient (Wildman–Crippen LogP) is 3.80. The van der Waals surface area contributed by atoms with Gasteiger partial charge in [0.1, 0.15) is 0 Å². The Bertz CT molecular complexity index is 1100. The molecule has 1 N–H and O–H groups in total. The molecule has 6 nitrogen and oxygen atoms in total. The van der Waals surface area contributed by atoms with E-state index in [9.17, 15) is 9.59 Å². The highest BCUT2D eigenvalue weighted by Crippen LogP contribution is 2.23. The van der Waals surface area contributed by atoms with Gasteiger partial charge in [-0.05, 0) is 36.2 Å². The van der Waals surface area contributed by atoms with Crippen LogP contribution in [0.25, 0.3) is 10.9 Å². The number of aromatic nitrogens is 2. The van der Waals surface area contributed by atoms with E-state index >= 15 is 0 Å². The second-order valence-corrected chi connectivity index (χ2v) is 8.27. The number of aryl methyl sites for hydroxylation is 1. The van der Waals surface area contributed by atoms with Crippen LogP contribution in [0.15, 0.2) is 52.4 Å². The standard InChI is InChI=1S/C21H21Cl2N3O3S/c1-29-11-9-24-19(27)13-30-21-25-18-5-3-2-4-16(18)20(28)26(21)10-8-14-6-7-15(22)12-17(14)23/h2-7,12H,8-11,13H2,1H3,(H,24,27). The molecule has 0 fully saturated rings. The minimum atomic E-state index is -0.147. The van der Waals surface area contributed by atoms with E-state index in [2.05, 4.69) is 10.3 Å². The van der Waals surface area contributed by atoms with Crippen molar-refractivity contribution in [3.63, 3.8) is 0 Å². The molecular formula is C21H21Cl2N3O3S. The van der Waals surface area contributed by atoms with Crippen LogP contribution in [0.4, 0.5) is 0 Å². The fourth-order valence-corrected chi connectivity index (χ4v) is 4.24. The van der Waals surface area contributed by atoms with Crippen molar-refractivity contribution < 1.29 is 9.53 Å². The highest BCUT2D eigenvalue weighted by Gasteiger charge is 2.14. The number of rotatable bonds is 9. The van der Waals surface area contributed by atoms with Crippen molar-refractivity contribution in [1.29, 1.82) is 0 Å². The van der Waals surface area contributed by atoms with Gasteiger partial charge in [0, 0.05) is 30.2 Å². The Morgan fingerprint density at radius 3 is 2.80 bits per heavy atom. The minimum Gasteiger partial charge on any atom is -0.383 e. The van der Waals surface area contributed by atoms with Crippen LogP contribution in [-0.2, 0) is 22.5 Å². The largest absolute Gasteiger partial charge is 0.383 e. The van der Waals surface area contributed by atoms with Crippen molar-refractivity contribution in [2.75, 3.05) is 26.0 Å². The zero-order chi connectivity index (χ0) is 21.5. The molecule has 1 heterocycles. The summed E-state index contributed by atoms with van der Waals surface area (Å²) in [5, 5.41) is 4.90. The van der Waals surface area contributed by atoms with Crippen molar-refractivity contribution in [3.05, 3.63) is 68.4 Å². The Labute approximate surface area is 188 Å². The predicted molar refractivity (Wildman–Crippen MR) is 122 cm³/mol. The molecule has 0 unspecified atom stereocenters. The topological polar surface area (TPSA) is 73.2 Å². The molecule has 9 heteroatoms. The van der Waals surface area contributed by atoms with Crippen molar-refractivity contribution in [3.8, 4) is 0 Å².